The Morgan fingerprint density at radius 1 is 1.32 bits per heavy atom. The van der Waals surface area contributed by atoms with E-state index in [-0.39, 0.29) is 17.9 Å². The molecule has 0 amide bonds. The summed E-state index contributed by atoms with van der Waals surface area (Å²) in [5.41, 5.74) is -0.228. The summed E-state index contributed by atoms with van der Waals surface area (Å²) in [6, 6.07) is 0. The van der Waals surface area contributed by atoms with Crippen LogP contribution in [-0.2, 0) is 9.84 Å². The molecule has 6 heteroatoms. The Labute approximate surface area is 118 Å². The monoisotopic (exact) mass is 294 g/mol. The summed E-state index contributed by atoms with van der Waals surface area (Å²) in [6.45, 7) is 6.57. The van der Waals surface area contributed by atoms with Crippen LogP contribution in [0.1, 0.15) is 33.1 Å². The lowest BCUT2D eigenvalue weighted by Gasteiger charge is -2.29. The van der Waals surface area contributed by atoms with Crippen molar-refractivity contribution in [2.24, 2.45) is 0 Å². The van der Waals surface area contributed by atoms with Crippen LogP contribution >= 0.6 is 0 Å². The molecule has 0 aromatic carbocycles. The van der Waals surface area contributed by atoms with Crippen molar-refractivity contribution in [1.82, 2.24) is 10.2 Å². The second-order valence-corrected chi connectivity index (χ2v) is 7.94. The lowest BCUT2D eigenvalue weighted by atomic mass is 9.96. The first kappa shape index (κ1) is 18.8. The highest BCUT2D eigenvalue weighted by atomic mass is 32.2. The van der Waals surface area contributed by atoms with Gasteiger partial charge in [0, 0.05) is 18.3 Å². The largest absolute Gasteiger partial charge is 0.394 e. The molecule has 1 atom stereocenters. The number of aliphatic hydroxyl groups is 1. The fraction of sp³-hybridized carbons (Fsp3) is 1.00. The Kier molecular flexibility index (Phi) is 8.81. The van der Waals surface area contributed by atoms with Gasteiger partial charge in [-0.05, 0) is 46.3 Å². The van der Waals surface area contributed by atoms with Crippen molar-refractivity contribution >= 4 is 9.84 Å². The predicted molar refractivity (Wildman–Crippen MR) is 80.2 cm³/mol. The zero-order valence-corrected chi connectivity index (χ0v) is 13.6. The van der Waals surface area contributed by atoms with Gasteiger partial charge < -0.3 is 15.3 Å². The molecule has 5 nitrogen and oxygen atoms in total. The minimum absolute atomic E-state index is 0.125. The van der Waals surface area contributed by atoms with E-state index in [0.717, 1.165) is 32.4 Å². The first-order valence-electron chi connectivity index (χ1n) is 6.94. The molecule has 0 radical (unpaired) electrons. The van der Waals surface area contributed by atoms with E-state index in [1.54, 1.807) is 0 Å². The highest BCUT2D eigenvalue weighted by molar-refractivity contribution is 7.90. The second-order valence-electron chi connectivity index (χ2n) is 5.68. The average molecular weight is 294 g/mol. The van der Waals surface area contributed by atoms with Gasteiger partial charge in [0.25, 0.3) is 0 Å². The van der Waals surface area contributed by atoms with Crippen LogP contribution in [0.2, 0.25) is 0 Å². The van der Waals surface area contributed by atoms with Gasteiger partial charge in [-0.3, -0.25) is 0 Å². The van der Waals surface area contributed by atoms with E-state index in [1.165, 1.54) is 6.26 Å². The van der Waals surface area contributed by atoms with E-state index >= 15 is 0 Å². The lowest BCUT2D eigenvalue weighted by molar-refractivity contribution is 0.159. The van der Waals surface area contributed by atoms with E-state index in [9.17, 15) is 13.5 Å². The number of nitrogens with zero attached hydrogens (tertiary/aromatic N) is 1. The third kappa shape index (κ3) is 10.3. The molecule has 0 aliphatic carbocycles. The van der Waals surface area contributed by atoms with Crippen molar-refractivity contribution in [2.75, 3.05) is 45.3 Å². The van der Waals surface area contributed by atoms with Crippen molar-refractivity contribution in [3.05, 3.63) is 0 Å². The van der Waals surface area contributed by atoms with Crippen molar-refractivity contribution in [3.8, 4) is 0 Å². The average Bonchev–Trinajstić information content (AvgIpc) is 2.33. The number of hydrogen-bond acceptors (Lipinski definition) is 5. The fourth-order valence-corrected chi connectivity index (χ4v) is 2.47. The van der Waals surface area contributed by atoms with Gasteiger partial charge in [-0.15, -0.1) is 0 Å². The van der Waals surface area contributed by atoms with Crippen LogP contribution in [0.3, 0.4) is 0 Å². The molecule has 19 heavy (non-hydrogen) atoms. The molecule has 0 aliphatic rings. The minimum Gasteiger partial charge on any atom is -0.394 e. The van der Waals surface area contributed by atoms with E-state index in [2.05, 4.69) is 12.2 Å². The molecular formula is C13H30N2O3S. The van der Waals surface area contributed by atoms with Gasteiger partial charge in [-0.2, -0.15) is 0 Å². The Morgan fingerprint density at radius 3 is 2.42 bits per heavy atom. The van der Waals surface area contributed by atoms with Gasteiger partial charge in [0.1, 0.15) is 9.84 Å². The maximum absolute atomic E-state index is 11.1. The maximum Gasteiger partial charge on any atom is 0.148 e. The Hall–Kier alpha value is -0.170. The molecule has 0 bridgehead atoms. The van der Waals surface area contributed by atoms with Crippen LogP contribution in [0.25, 0.3) is 0 Å². The number of sulfone groups is 1. The van der Waals surface area contributed by atoms with Gasteiger partial charge in [0.15, 0.2) is 0 Å². The lowest BCUT2D eigenvalue weighted by Crippen LogP contribution is -2.46. The molecule has 0 heterocycles. The summed E-state index contributed by atoms with van der Waals surface area (Å²) in [7, 11) is -0.952. The zero-order valence-electron chi connectivity index (χ0n) is 12.8. The van der Waals surface area contributed by atoms with Crippen molar-refractivity contribution in [3.63, 3.8) is 0 Å². The molecule has 0 aromatic rings. The number of rotatable bonds is 11. The SMILES string of the molecule is CCCNC(C)(CO)CCCN(C)CCS(C)(=O)=O. The summed E-state index contributed by atoms with van der Waals surface area (Å²) in [4.78, 5) is 2.03. The molecule has 116 valence electrons. The summed E-state index contributed by atoms with van der Waals surface area (Å²) in [6.07, 6.45) is 4.13. The topological polar surface area (TPSA) is 69.6 Å². The summed E-state index contributed by atoms with van der Waals surface area (Å²) < 4.78 is 22.1. The number of hydrogen-bond donors (Lipinski definition) is 2. The predicted octanol–water partition coefficient (Wildman–Crippen LogP) is 0.494. The highest BCUT2D eigenvalue weighted by Gasteiger charge is 2.21. The zero-order chi connectivity index (χ0) is 14.9. The van der Waals surface area contributed by atoms with Gasteiger partial charge in [-0.1, -0.05) is 6.92 Å². The van der Waals surface area contributed by atoms with Crippen LogP contribution in [0, 0.1) is 0 Å². The summed E-state index contributed by atoms with van der Waals surface area (Å²) in [5, 5.41) is 12.8. The van der Waals surface area contributed by atoms with Crippen molar-refractivity contribution < 1.29 is 13.5 Å². The van der Waals surface area contributed by atoms with E-state index in [4.69, 9.17) is 0 Å². The van der Waals surface area contributed by atoms with Crippen LogP contribution in [-0.4, -0.2) is 69.3 Å². The second kappa shape index (κ2) is 8.89. The van der Waals surface area contributed by atoms with E-state index < -0.39 is 9.84 Å². The molecule has 0 aliphatic heterocycles. The molecule has 0 rings (SSSR count). The molecule has 0 spiro atoms. The van der Waals surface area contributed by atoms with Crippen LogP contribution < -0.4 is 5.32 Å². The third-order valence-electron chi connectivity index (χ3n) is 3.26. The third-order valence-corrected chi connectivity index (χ3v) is 4.19. The Bertz CT molecular complexity index is 333. The molecule has 0 saturated heterocycles. The molecule has 0 fully saturated rings. The van der Waals surface area contributed by atoms with Crippen molar-refractivity contribution in [2.45, 2.75) is 38.6 Å². The maximum atomic E-state index is 11.1. The quantitative estimate of drug-likeness (QED) is 0.580. The first-order chi connectivity index (χ1) is 8.72. The molecule has 2 N–H and O–H groups in total. The first-order valence-corrected chi connectivity index (χ1v) is 9.00. The molecule has 0 aromatic heterocycles. The van der Waals surface area contributed by atoms with Gasteiger partial charge >= 0.3 is 0 Å². The minimum atomic E-state index is -2.88. The van der Waals surface area contributed by atoms with Crippen molar-refractivity contribution in [1.29, 1.82) is 0 Å². The number of aliphatic hydroxyl groups excluding tert-OH is 1. The standard InChI is InChI=1S/C13H30N2O3S/c1-5-8-14-13(2,12-16)7-6-9-15(3)10-11-19(4,17)18/h14,16H,5-12H2,1-4H3. The molecular weight excluding hydrogens is 264 g/mol. The van der Waals surface area contributed by atoms with E-state index in [0.29, 0.717) is 6.54 Å². The summed E-state index contributed by atoms with van der Waals surface area (Å²) in [5.74, 6) is 0.203. The Morgan fingerprint density at radius 2 is 1.95 bits per heavy atom. The van der Waals surface area contributed by atoms with Crippen LogP contribution in [0.5, 0.6) is 0 Å². The summed E-state index contributed by atoms with van der Waals surface area (Å²) >= 11 is 0. The number of nitrogens with one attached hydrogen (secondary N) is 1. The smallest absolute Gasteiger partial charge is 0.148 e. The normalized spacial score (nSPS) is 15.7. The fourth-order valence-electron chi connectivity index (χ4n) is 1.82. The van der Waals surface area contributed by atoms with Gasteiger partial charge in [0.05, 0.1) is 12.4 Å². The van der Waals surface area contributed by atoms with Crippen LogP contribution in [0.15, 0.2) is 0 Å². The molecule has 1 unspecified atom stereocenters. The Balaban J connectivity index is 3.92. The highest BCUT2D eigenvalue weighted by Crippen LogP contribution is 2.12. The van der Waals surface area contributed by atoms with Gasteiger partial charge in [-0.25, -0.2) is 8.42 Å². The van der Waals surface area contributed by atoms with Crippen LogP contribution in [0.4, 0.5) is 0 Å². The van der Waals surface area contributed by atoms with E-state index in [1.807, 2.05) is 18.9 Å². The molecule has 0 saturated carbocycles. The van der Waals surface area contributed by atoms with Gasteiger partial charge in [0.2, 0.25) is 0 Å².